The lowest BCUT2D eigenvalue weighted by atomic mass is 10.2. The SMILES string of the molecule is CC(C)NC(=O)Nc1ccc(NCc2ccc(F)cc2)cc1. The summed E-state index contributed by atoms with van der Waals surface area (Å²) in [4.78, 5) is 11.6. The van der Waals surface area contributed by atoms with Crippen LogP contribution in [0.3, 0.4) is 0 Å². The highest BCUT2D eigenvalue weighted by Gasteiger charge is 2.03. The second kappa shape index (κ2) is 7.45. The van der Waals surface area contributed by atoms with E-state index in [4.69, 9.17) is 0 Å². The fourth-order valence-electron chi connectivity index (χ4n) is 1.91. The Morgan fingerprint density at radius 2 is 1.59 bits per heavy atom. The molecule has 0 aromatic heterocycles. The minimum atomic E-state index is -0.237. The average molecular weight is 301 g/mol. The first kappa shape index (κ1) is 15.8. The first-order valence-electron chi connectivity index (χ1n) is 7.19. The summed E-state index contributed by atoms with van der Waals surface area (Å²) in [6, 6.07) is 13.7. The van der Waals surface area contributed by atoms with E-state index in [1.165, 1.54) is 12.1 Å². The number of carbonyl (C=O) groups excluding carboxylic acids is 1. The van der Waals surface area contributed by atoms with Crippen LogP contribution in [-0.4, -0.2) is 12.1 Å². The first-order chi connectivity index (χ1) is 10.5. The summed E-state index contributed by atoms with van der Waals surface area (Å²) < 4.78 is 12.8. The summed E-state index contributed by atoms with van der Waals surface area (Å²) >= 11 is 0. The number of halogens is 1. The Hall–Kier alpha value is -2.56. The number of nitrogens with one attached hydrogen (secondary N) is 3. The van der Waals surface area contributed by atoms with Crippen molar-refractivity contribution in [1.82, 2.24) is 5.32 Å². The van der Waals surface area contributed by atoms with Crippen LogP contribution in [0.1, 0.15) is 19.4 Å². The number of carbonyl (C=O) groups is 1. The van der Waals surface area contributed by atoms with Gasteiger partial charge in [-0.15, -0.1) is 0 Å². The maximum atomic E-state index is 12.8. The molecule has 22 heavy (non-hydrogen) atoms. The van der Waals surface area contributed by atoms with E-state index < -0.39 is 0 Å². The molecule has 0 radical (unpaired) electrons. The third-order valence-corrected chi connectivity index (χ3v) is 2.97. The smallest absolute Gasteiger partial charge is 0.319 e. The topological polar surface area (TPSA) is 53.2 Å². The van der Waals surface area contributed by atoms with Crippen LogP contribution in [0, 0.1) is 5.82 Å². The zero-order chi connectivity index (χ0) is 15.9. The third-order valence-electron chi connectivity index (χ3n) is 2.97. The lowest BCUT2D eigenvalue weighted by Gasteiger charge is -2.11. The van der Waals surface area contributed by atoms with E-state index in [1.807, 2.05) is 38.1 Å². The molecule has 0 aliphatic rings. The number of anilines is 2. The van der Waals surface area contributed by atoms with Crippen molar-refractivity contribution in [2.24, 2.45) is 0 Å². The van der Waals surface area contributed by atoms with Gasteiger partial charge in [-0.3, -0.25) is 0 Å². The Bertz CT molecular complexity index is 609. The van der Waals surface area contributed by atoms with Gasteiger partial charge in [0.05, 0.1) is 0 Å². The summed E-state index contributed by atoms with van der Waals surface area (Å²) in [5, 5.41) is 8.76. The van der Waals surface area contributed by atoms with E-state index in [2.05, 4.69) is 16.0 Å². The molecule has 2 aromatic rings. The van der Waals surface area contributed by atoms with Gasteiger partial charge in [0, 0.05) is 24.0 Å². The van der Waals surface area contributed by atoms with Gasteiger partial charge in [0.1, 0.15) is 5.82 Å². The van der Waals surface area contributed by atoms with Crippen LogP contribution < -0.4 is 16.0 Å². The maximum Gasteiger partial charge on any atom is 0.319 e. The summed E-state index contributed by atoms with van der Waals surface area (Å²) in [6.45, 7) is 4.42. The molecule has 0 heterocycles. The lowest BCUT2D eigenvalue weighted by molar-refractivity contribution is 0.250. The lowest BCUT2D eigenvalue weighted by Crippen LogP contribution is -2.34. The molecule has 0 bridgehead atoms. The Labute approximate surface area is 129 Å². The normalized spacial score (nSPS) is 10.4. The highest BCUT2D eigenvalue weighted by molar-refractivity contribution is 5.89. The van der Waals surface area contributed by atoms with Crippen molar-refractivity contribution in [3.05, 3.63) is 59.9 Å². The van der Waals surface area contributed by atoms with Crippen LogP contribution in [0.15, 0.2) is 48.5 Å². The molecule has 2 aromatic carbocycles. The second-order valence-corrected chi connectivity index (χ2v) is 5.31. The van der Waals surface area contributed by atoms with Crippen molar-refractivity contribution in [3.8, 4) is 0 Å². The van der Waals surface area contributed by atoms with E-state index in [0.717, 1.165) is 16.9 Å². The van der Waals surface area contributed by atoms with Crippen LogP contribution >= 0.6 is 0 Å². The monoisotopic (exact) mass is 301 g/mol. The van der Waals surface area contributed by atoms with Gasteiger partial charge >= 0.3 is 6.03 Å². The third kappa shape index (κ3) is 5.09. The predicted octanol–water partition coefficient (Wildman–Crippen LogP) is 3.97. The molecule has 2 rings (SSSR count). The number of amides is 2. The number of hydrogen-bond donors (Lipinski definition) is 3. The van der Waals surface area contributed by atoms with Gasteiger partial charge in [0.2, 0.25) is 0 Å². The van der Waals surface area contributed by atoms with Gasteiger partial charge < -0.3 is 16.0 Å². The number of rotatable bonds is 5. The number of benzene rings is 2. The van der Waals surface area contributed by atoms with Crippen LogP contribution in [0.4, 0.5) is 20.6 Å². The van der Waals surface area contributed by atoms with Gasteiger partial charge in [0.25, 0.3) is 0 Å². The minimum Gasteiger partial charge on any atom is -0.381 e. The zero-order valence-electron chi connectivity index (χ0n) is 12.7. The molecule has 0 aliphatic carbocycles. The standard InChI is InChI=1S/C17H20FN3O/c1-12(2)20-17(22)21-16-9-7-15(8-10-16)19-11-13-3-5-14(18)6-4-13/h3-10,12,19H,11H2,1-2H3,(H2,20,21,22). The molecular weight excluding hydrogens is 281 g/mol. The van der Waals surface area contributed by atoms with Gasteiger partial charge in [-0.2, -0.15) is 0 Å². The van der Waals surface area contributed by atoms with E-state index in [1.54, 1.807) is 12.1 Å². The van der Waals surface area contributed by atoms with Crippen LogP contribution in [-0.2, 0) is 6.54 Å². The molecule has 4 nitrogen and oxygen atoms in total. The Morgan fingerprint density at radius 3 is 2.18 bits per heavy atom. The molecular formula is C17H20FN3O. The van der Waals surface area contributed by atoms with Crippen molar-refractivity contribution in [2.45, 2.75) is 26.4 Å². The summed E-state index contributed by atoms with van der Waals surface area (Å²) in [7, 11) is 0. The average Bonchev–Trinajstić information content (AvgIpc) is 2.47. The largest absolute Gasteiger partial charge is 0.381 e. The van der Waals surface area contributed by atoms with E-state index in [-0.39, 0.29) is 17.9 Å². The van der Waals surface area contributed by atoms with Crippen molar-refractivity contribution < 1.29 is 9.18 Å². The molecule has 0 atom stereocenters. The highest BCUT2D eigenvalue weighted by Crippen LogP contribution is 2.14. The highest BCUT2D eigenvalue weighted by atomic mass is 19.1. The van der Waals surface area contributed by atoms with Crippen molar-refractivity contribution >= 4 is 17.4 Å². The molecule has 3 N–H and O–H groups in total. The van der Waals surface area contributed by atoms with Crippen molar-refractivity contribution in [1.29, 1.82) is 0 Å². The van der Waals surface area contributed by atoms with Gasteiger partial charge in [-0.25, -0.2) is 9.18 Å². The number of urea groups is 1. The maximum absolute atomic E-state index is 12.8. The van der Waals surface area contributed by atoms with E-state index in [0.29, 0.717) is 6.54 Å². The number of hydrogen-bond acceptors (Lipinski definition) is 2. The molecule has 0 fully saturated rings. The predicted molar refractivity (Wildman–Crippen MR) is 87.5 cm³/mol. The Morgan fingerprint density at radius 1 is 1.00 bits per heavy atom. The Kier molecular flexibility index (Phi) is 5.36. The molecule has 5 heteroatoms. The molecule has 2 amide bonds. The minimum absolute atomic E-state index is 0.0941. The van der Waals surface area contributed by atoms with Gasteiger partial charge in [0.15, 0.2) is 0 Å². The van der Waals surface area contributed by atoms with Crippen molar-refractivity contribution in [3.63, 3.8) is 0 Å². The van der Waals surface area contributed by atoms with Crippen LogP contribution in [0.2, 0.25) is 0 Å². The summed E-state index contributed by atoms with van der Waals surface area (Å²) in [5.41, 5.74) is 2.66. The quantitative estimate of drug-likeness (QED) is 0.782. The van der Waals surface area contributed by atoms with Gasteiger partial charge in [-0.1, -0.05) is 12.1 Å². The summed E-state index contributed by atoms with van der Waals surface area (Å²) in [6.07, 6.45) is 0. The fraction of sp³-hybridized carbons (Fsp3) is 0.235. The second-order valence-electron chi connectivity index (χ2n) is 5.31. The molecule has 0 unspecified atom stereocenters. The molecule has 0 aliphatic heterocycles. The van der Waals surface area contributed by atoms with E-state index >= 15 is 0 Å². The van der Waals surface area contributed by atoms with Gasteiger partial charge in [-0.05, 0) is 55.8 Å². The molecule has 116 valence electrons. The Balaban J connectivity index is 1.86. The molecule has 0 saturated heterocycles. The summed E-state index contributed by atoms with van der Waals surface area (Å²) in [5.74, 6) is -0.237. The molecule has 0 saturated carbocycles. The van der Waals surface area contributed by atoms with E-state index in [9.17, 15) is 9.18 Å². The van der Waals surface area contributed by atoms with Crippen molar-refractivity contribution in [2.75, 3.05) is 10.6 Å². The molecule has 0 spiro atoms. The van der Waals surface area contributed by atoms with Crippen LogP contribution in [0.5, 0.6) is 0 Å². The van der Waals surface area contributed by atoms with Crippen LogP contribution in [0.25, 0.3) is 0 Å². The fourth-order valence-corrected chi connectivity index (χ4v) is 1.91. The first-order valence-corrected chi connectivity index (χ1v) is 7.19. The zero-order valence-corrected chi connectivity index (χ0v) is 12.7.